The molecule has 0 aliphatic rings. The molecular formula is C20H35NO5S. The van der Waals surface area contributed by atoms with E-state index in [1.165, 1.54) is 50.7 Å². The van der Waals surface area contributed by atoms with Crippen molar-refractivity contribution in [1.29, 1.82) is 0 Å². The van der Waals surface area contributed by atoms with E-state index in [1.807, 2.05) is 0 Å². The Hall–Kier alpha value is -1.34. The van der Waals surface area contributed by atoms with Crippen molar-refractivity contribution in [1.82, 2.24) is 5.32 Å². The second-order valence-electron chi connectivity index (χ2n) is 7.21. The summed E-state index contributed by atoms with van der Waals surface area (Å²) in [6, 6.07) is 2.96. The molecule has 1 rings (SSSR count). The molecule has 0 radical (unpaired) electrons. The lowest BCUT2D eigenvalue weighted by Gasteiger charge is -2.18. The predicted octanol–water partition coefficient (Wildman–Crippen LogP) is 5.10. The molecule has 0 saturated carbocycles. The zero-order chi connectivity index (χ0) is 20.1. The average molecular weight is 402 g/mol. The van der Waals surface area contributed by atoms with Crippen LogP contribution in [-0.4, -0.2) is 24.9 Å². The summed E-state index contributed by atoms with van der Waals surface area (Å²) in [4.78, 5) is 12.4. The van der Waals surface area contributed by atoms with Crippen LogP contribution in [0.2, 0.25) is 0 Å². The van der Waals surface area contributed by atoms with E-state index in [9.17, 15) is 13.2 Å². The molecule has 1 unspecified atom stereocenters. The van der Waals surface area contributed by atoms with Gasteiger partial charge in [-0.2, -0.15) is 8.42 Å². The summed E-state index contributed by atoms with van der Waals surface area (Å²) in [5.74, 6) is -0.816. The van der Waals surface area contributed by atoms with Gasteiger partial charge in [-0.25, -0.2) is 0 Å². The monoisotopic (exact) mass is 401 g/mol. The molecule has 0 aliphatic carbocycles. The molecule has 0 saturated heterocycles. The molecule has 7 heteroatoms. The molecule has 27 heavy (non-hydrogen) atoms. The van der Waals surface area contributed by atoms with E-state index in [-0.39, 0.29) is 23.5 Å². The van der Waals surface area contributed by atoms with E-state index in [2.05, 4.69) is 19.2 Å². The lowest BCUT2D eigenvalue weighted by molar-refractivity contribution is 0.0901. The summed E-state index contributed by atoms with van der Waals surface area (Å²) in [6.45, 7) is 4.37. The molecule has 0 aliphatic heterocycles. The highest BCUT2D eigenvalue weighted by Crippen LogP contribution is 2.15. The third-order valence-corrected chi connectivity index (χ3v) is 5.26. The first-order valence-corrected chi connectivity index (χ1v) is 11.8. The highest BCUT2D eigenvalue weighted by Gasteiger charge is 2.18. The van der Waals surface area contributed by atoms with Crippen LogP contribution in [0.4, 0.5) is 0 Å². The Balaban J connectivity index is 2.56. The number of hydrogen-bond donors (Lipinski definition) is 2. The zero-order valence-corrected chi connectivity index (χ0v) is 17.5. The molecule has 1 aromatic heterocycles. The second-order valence-corrected chi connectivity index (χ2v) is 8.67. The lowest BCUT2D eigenvalue weighted by atomic mass is 10.0. The van der Waals surface area contributed by atoms with Crippen molar-refractivity contribution in [3.8, 4) is 0 Å². The van der Waals surface area contributed by atoms with Gasteiger partial charge in [-0.05, 0) is 25.0 Å². The van der Waals surface area contributed by atoms with Crippen LogP contribution in [0.3, 0.4) is 0 Å². The summed E-state index contributed by atoms with van der Waals surface area (Å²) < 4.78 is 36.0. The van der Waals surface area contributed by atoms with Gasteiger partial charge in [0.1, 0.15) is 11.5 Å². The van der Waals surface area contributed by atoms with E-state index in [0.717, 1.165) is 32.1 Å². The Morgan fingerprint density at radius 1 is 1.00 bits per heavy atom. The maximum Gasteiger partial charge on any atom is 0.287 e. The van der Waals surface area contributed by atoms with Crippen molar-refractivity contribution in [3.63, 3.8) is 0 Å². The quantitative estimate of drug-likeness (QED) is 0.315. The molecule has 1 aromatic rings. The highest BCUT2D eigenvalue weighted by molar-refractivity contribution is 7.84. The van der Waals surface area contributed by atoms with Crippen LogP contribution in [0, 0.1) is 0 Å². The van der Waals surface area contributed by atoms with Crippen LogP contribution in [0.15, 0.2) is 16.5 Å². The van der Waals surface area contributed by atoms with Gasteiger partial charge < -0.3 is 9.73 Å². The van der Waals surface area contributed by atoms with Gasteiger partial charge in [0, 0.05) is 6.04 Å². The number of carbonyl (C=O) groups excluding carboxylic acids is 1. The van der Waals surface area contributed by atoms with E-state index in [0.29, 0.717) is 0 Å². The fourth-order valence-corrected chi connectivity index (χ4v) is 3.63. The van der Waals surface area contributed by atoms with Crippen LogP contribution < -0.4 is 5.32 Å². The minimum Gasteiger partial charge on any atom is -0.455 e. The van der Waals surface area contributed by atoms with Crippen molar-refractivity contribution in [2.45, 2.75) is 96.3 Å². The molecule has 1 atom stereocenters. The fraction of sp³-hybridized carbons (Fsp3) is 0.750. The molecule has 2 N–H and O–H groups in total. The van der Waals surface area contributed by atoms with E-state index >= 15 is 0 Å². The van der Waals surface area contributed by atoms with Gasteiger partial charge in [-0.15, -0.1) is 0 Å². The summed E-state index contributed by atoms with van der Waals surface area (Å²) in [6.07, 6.45) is 12.5. The Morgan fingerprint density at radius 3 is 2.11 bits per heavy atom. The number of unbranched alkanes of at least 4 members (excludes halogenated alkanes) is 7. The summed E-state index contributed by atoms with van der Waals surface area (Å²) in [5.41, 5.74) is 0. The fourth-order valence-electron chi connectivity index (χ4n) is 3.11. The number of nitrogens with one attached hydrogen (secondary N) is 1. The third-order valence-electron chi connectivity index (χ3n) is 4.61. The third kappa shape index (κ3) is 11.2. The molecule has 1 amide bonds. The summed E-state index contributed by atoms with van der Waals surface area (Å²) >= 11 is 0. The van der Waals surface area contributed by atoms with Crippen LogP contribution in [0.1, 0.15) is 101 Å². The molecule has 0 spiro atoms. The molecule has 0 aromatic carbocycles. The lowest BCUT2D eigenvalue weighted by Crippen LogP contribution is -2.34. The van der Waals surface area contributed by atoms with Crippen LogP contribution in [0.5, 0.6) is 0 Å². The van der Waals surface area contributed by atoms with Crippen LogP contribution >= 0.6 is 0 Å². The van der Waals surface area contributed by atoms with Gasteiger partial charge in [0.05, 0.1) is 0 Å². The predicted molar refractivity (Wildman–Crippen MR) is 107 cm³/mol. The summed E-state index contributed by atoms with van der Waals surface area (Å²) in [7, 11) is -4.18. The molecule has 156 valence electrons. The minimum absolute atomic E-state index is 0.0571. The largest absolute Gasteiger partial charge is 0.455 e. The minimum atomic E-state index is -4.18. The normalized spacial score (nSPS) is 12.9. The number of amides is 1. The van der Waals surface area contributed by atoms with Gasteiger partial charge >= 0.3 is 0 Å². The van der Waals surface area contributed by atoms with Crippen molar-refractivity contribution in [3.05, 3.63) is 23.7 Å². The standard InChI is InChI=1S/C20H35NO5S/c1-3-5-7-9-11-13-17(12-10-8-6-4-2)21-20(22)19-15-14-18(26-19)16-27(23,24)25/h14-15,17H,3-13,16H2,1-2H3,(H,21,22)(H,23,24,25). The zero-order valence-electron chi connectivity index (χ0n) is 16.7. The van der Waals surface area contributed by atoms with Crippen LogP contribution in [-0.2, 0) is 15.9 Å². The number of furan rings is 1. The number of rotatable bonds is 15. The summed E-state index contributed by atoms with van der Waals surface area (Å²) in [5, 5.41) is 3.03. The van der Waals surface area contributed by atoms with Crippen molar-refractivity contribution >= 4 is 16.0 Å². The van der Waals surface area contributed by atoms with E-state index < -0.39 is 15.9 Å². The second kappa shape index (κ2) is 12.9. The van der Waals surface area contributed by atoms with Crippen molar-refractivity contribution in [2.75, 3.05) is 0 Å². The topological polar surface area (TPSA) is 96.6 Å². The number of hydrogen-bond acceptors (Lipinski definition) is 4. The van der Waals surface area contributed by atoms with Crippen molar-refractivity contribution in [2.24, 2.45) is 0 Å². The molecular weight excluding hydrogens is 366 g/mol. The Bertz CT molecular complexity index is 639. The first-order chi connectivity index (χ1) is 12.9. The van der Waals surface area contributed by atoms with Gasteiger partial charge in [0.2, 0.25) is 0 Å². The van der Waals surface area contributed by atoms with Gasteiger partial charge in [0.15, 0.2) is 5.76 Å². The SMILES string of the molecule is CCCCCCCC(CCCCCC)NC(=O)c1ccc(CS(=O)(=O)O)o1. The Morgan fingerprint density at radius 2 is 1.56 bits per heavy atom. The van der Waals surface area contributed by atoms with E-state index in [1.54, 1.807) is 0 Å². The van der Waals surface area contributed by atoms with E-state index in [4.69, 9.17) is 8.97 Å². The Labute approximate surface area is 163 Å². The van der Waals surface area contributed by atoms with Gasteiger partial charge in [-0.1, -0.05) is 71.6 Å². The van der Waals surface area contributed by atoms with Crippen LogP contribution in [0.25, 0.3) is 0 Å². The smallest absolute Gasteiger partial charge is 0.287 e. The maximum absolute atomic E-state index is 12.4. The van der Waals surface area contributed by atoms with Crippen molar-refractivity contribution < 1.29 is 22.2 Å². The van der Waals surface area contributed by atoms with Gasteiger partial charge in [0.25, 0.3) is 16.0 Å². The maximum atomic E-state index is 12.4. The Kier molecular flexibility index (Phi) is 11.4. The average Bonchev–Trinajstić information content (AvgIpc) is 3.04. The first kappa shape index (κ1) is 23.7. The first-order valence-electron chi connectivity index (χ1n) is 10.2. The molecule has 6 nitrogen and oxygen atoms in total. The highest BCUT2D eigenvalue weighted by atomic mass is 32.2. The molecule has 1 heterocycles. The van der Waals surface area contributed by atoms with Gasteiger partial charge in [-0.3, -0.25) is 9.35 Å². The molecule has 0 bridgehead atoms. The number of carbonyl (C=O) groups is 1. The molecule has 0 fully saturated rings.